The van der Waals surface area contributed by atoms with Gasteiger partial charge in [0, 0.05) is 11.6 Å². The maximum absolute atomic E-state index is 13.0. The number of esters is 1. The first-order valence-electron chi connectivity index (χ1n) is 9.69. The summed E-state index contributed by atoms with van der Waals surface area (Å²) in [7, 11) is 0. The lowest BCUT2D eigenvalue weighted by molar-refractivity contribution is -0.113. The molecule has 0 unspecified atom stereocenters. The molecule has 1 fully saturated rings. The molecule has 1 aliphatic rings. The van der Waals surface area contributed by atoms with Crippen molar-refractivity contribution in [2.45, 2.75) is 13.8 Å². The molecule has 2 heterocycles. The van der Waals surface area contributed by atoms with E-state index < -0.39 is 0 Å². The number of thiocarbonyl (C=S) groups is 1. The molecule has 0 N–H and O–H groups in total. The van der Waals surface area contributed by atoms with E-state index in [-0.39, 0.29) is 11.9 Å². The van der Waals surface area contributed by atoms with Crippen molar-refractivity contribution in [3.8, 4) is 11.3 Å². The number of anilines is 1. The number of carbonyl (C=O) groups is 2. The Bertz CT molecular complexity index is 1190. The van der Waals surface area contributed by atoms with E-state index in [0.29, 0.717) is 32.9 Å². The van der Waals surface area contributed by atoms with E-state index in [0.717, 1.165) is 16.8 Å². The summed E-state index contributed by atoms with van der Waals surface area (Å²) in [4.78, 5) is 26.8. The summed E-state index contributed by atoms with van der Waals surface area (Å²) >= 11 is 6.70. The number of aryl methyl sites for hydroxylation is 1. The highest BCUT2D eigenvalue weighted by atomic mass is 32.2. The Morgan fingerprint density at radius 1 is 1.13 bits per heavy atom. The van der Waals surface area contributed by atoms with Crippen LogP contribution in [0.25, 0.3) is 17.4 Å². The fourth-order valence-electron chi connectivity index (χ4n) is 3.19. The number of hydrogen-bond donors (Lipinski definition) is 0. The van der Waals surface area contributed by atoms with Crippen molar-refractivity contribution in [2.75, 3.05) is 11.5 Å². The normalized spacial score (nSPS) is 15.0. The van der Waals surface area contributed by atoms with Crippen LogP contribution < -0.4 is 4.90 Å². The molecule has 156 valence electrons. The molecular weight excluding hydrogens is 430 g/mol. The van der Waals surface area contributed by atoms with Gasteiger partial charge in [0.25, 0.3) is 5.91 Å². The fourth-order valence-corrected chi connectivity index (χ4v) is 4.45. The summed E-state index contributed by atoms with van der Waals surface area (Å²) in [5, 5.41) is 0. The minimum Gasteiger partial charge on any atom is -0.462 e. The number of nitrogens with zero attached hydrogens (tertiary/aromatic N) is 1. The quantitative estimate of drug-likeness (QED) is 0.277. The molecule has 7 heteroatoms. The van der Waals surface area contributed by atoms with Crippen LogP contribution in [0.3, 0.4) is 0 Å². The molecule has 5 nitrogen and oxygen atoms in total. The van der Waals surface area contributed by atoms with Gasteiger partial charge in [-0.3, -0.25) is 9.69 Å². The number of furan rings is 1. The average molecular weight is 450 g/mol. The molecule has 31 heavy (non-hydrogen) atoms. The number of amides is 1. The molecule has 0 spiro atoms. The number of para-hydroxylation sites is 1. The van der Waals surface area contributed by atoms with Gasteiger partial charge in [-0.1, -0.05) is 54.3 Å². The minimum absolute atomic E-state index is 0.166. The lowest BCUT2D eigenvalue weighted by Crippen LogP contribution is -2.28. The molecule has 1 aliphatic heterocycles. The lowest BCUT2D eigenvalue weighted by atomic mass is 10.1. The monoisotopic (exact) mass is 449 g/mol. The Morgan fingerprint density at radius 3 is 2.58 bits per heavy atom. The number of rotatable bonds is 5. The van der Waals surface area contributed by atoms with Crippen LogP contribution in [0.5, 0.6) is 0 Å². The van der Waals surface area contributed by atoms with E-state index in [2.05, 4.69) is 0 Å². The van der Waals surface area contributed by atoms with Crippen molar-refractivity contribution < 1.29 is 18.7 Å². The number of hydrogen-bond acceptors (Lipinski definition) is 6. The Hall–Kier alpha value is -3.16. The van der Waals surface area contributed by atoms with Gasteiger partial charge >= 0.3 is 5.97 Å². The van der Waals surface area contributed by atoms with Gasteiger partial charge < -0.3 is 9.15 Å². The zero-order valence-electron chi connectivity index (χ0n) is 17.0. The van der Waals surface area contributed by atoms with Gasteiger partial charge in [0.1, 0.15) is 11.5 Å². The van der Waals surface area contributed by atoms with Crippen LogP contribution in [-0.2, 0) is 9.53 Å². The second-order valence-corrected chi connectivity index (χ2v) is 8.48. The molecule has 0 aliphatic carbocycles. The van der Waals surface area contributed by atoms with E-state index in [9.17, 15) is 9.59 Å². The highest BCUT2D eigenvalue weighted by molar-refractivity contribution is 8.27. The maximum atomic E-state index is 13.0. The van der Waals surface area contributed by atoms with Crippen LogP contribution in [-0.4, -0.2) is 22.8 Å². The predicted molar refractivity (Wildman–Crippen MR) is 127 cm³/mol. The molecule has 1 aromatic heterocycles. The number of carbonyl (C=O) groups excluding carboxylic acids is 2. The first-order chi connectivity index (χ1) is 15.0. The van der Waals surface area contributed by atoms with Gasteiger partial charge in [-0.25, -0.2) is 4.79 Å². The van der Waals surface area contributed by atoms with Gasteiger partial charge in [-0.2, -0.15) is 0 Å². The van der Waals surface area contributed by atoms with Crippen LogP contribution in [0.1, 0.15) is 28.6 Å². The number of ether oxygens (including phenoxy) is 1. The summed E-state index contributed by atoms with van der Waals surface area (Å²) in [6.07, 6.45) is 1.70. The van der Waals surface area contributed by atoms with Crippen LogP contribution in [0.4, 0.5) is 5.69 Å². The van der Waals surface area contributed by atoms with Crippen LogP contribution in [0, 0.1) is 6.92 Å². The third-order valence-electron chi connectivity index (χ3n) is 4.73. The number of benzene rings is 2. The Labute approximate surface area is 189 Å². The van der Waals surface area contributed by atoms with Crippen LogP contribution in [0.15, 0.2) is 70.0 Å². The van der Waals surface area contributed by atoms with Crippen molar-refractivity contribution in [3.05, 3.63) is 82.5 Å². The van der Waals surface area contributed by atoms with Crippen molar-refractivity contribution >= 4 is 51.9 Å². The molecule has 2 aromatic carbocycles. The molecule has 0 bridgehead atoms. The van der Waals surface area contributed by atoms with Crippen molar-refractivity contribution in [1.29, 1.82) is 0 Å². The molecule has 3 aromatic rings. The first kappa shape index (κ1) is 21.1. The molecule has 4 rings (SSSR count). The third-order valence-corrected chi connectivity index (χ3v) is 6.03. The highest BCUT2D eigenvalue weighted by Crippen LogP contribution is 2.37. The van der Waals surface area contributed by atoms with Crippen molar-refractivity contribution in [1.82, 2.24) is 0 Å². The fraction of sp³-hybridized carbons (Fsp3) is 0.125. The summed E-state index contributed by atoms with van der Waals surface area (Å²) in [6.45, 7) is 4.05. The standard InChI is InChI=1S/C24H19NO4S2/c1-3-28-23(27)17-10-8-16(9-11-17)20-13-12-18(29-20)14-21-22(26)25(24(30)31-21)19-7-5-4-6-15(19)2/h4-14H,3H2,1-2H3/b21-14+. The largest absolute Gasteiger partial charge is 0.462 e. The van der Waals surface area contributed by atoms with Gasteiger partial charge in [-0.05, 0) is 49.7 Å². The SMILES string of the molecule is CCOC(=O)c1ccc(-c2ccc(/C=C3/SC(=S)N(c4ccccc4C)C3=O)o2)cc1. The second-order valence-electron chi connectivity index (χ2n) is 6.80. The Morgan fingerprint density at radius 2 is 1.87 bits per heavy atom. The third kappa shape index (κ3) is 4.33. The maximum Gasteiger partial charge on any atom is 0.338 e. The molecule has 0 atom stereocenters. The molecule has 1 saturated heterocycles. The smallest absolute Gasteiger partial charge is 0.338 e. The van der Waals surface area contributed by atoms with Crippen molar-refractivity contribution in [3.63, 3.8) is 0 Å². The minimum atomic E-state index is -0.357. The van der Waals surface area contributed by atoms with Crippen molar-refractivity contribution in [2.24, 2.45) is 0 Å². The lowest BCUT2D eigenvalue weighted by Gasteiger charge is -2.16. The molecular formula is C24H19NO4S2. The first-order valence-corrected chi connectivity index (χ1v) is 10.9. The Balaban J connectivity index is 1.55. The van der Waals surface area contributed by atoms with Gasteiger partial charge in [0.2, 0.25) is 0 Å². The molecule has 0 radical (unpaired) electrons. The van der Waals surface area contributed by atoms with Crippen LogP contribution >= 0.6 is 24.0 Å². The summed E-state index contributed by atoms with van der Waals surface area (Å²) in [5.41, 5.74) is 3.07. The number of thioether (sulfide) groups is 1. The topological polar surface area (TPSA) is 59.8 Å². The highest BCUT2D eigenvalue weighted by Gasteiger charge is 2.34. The van der Waals surface area contributed by atoms with Gasteiger partial charge in [-0.15, -0.1) is 0 Å². The van der Waals surface area contributed by atoms with Gasteiger partial charge in [0.05, 0.1) is 22.8 Å². The van der Waals surface area contributed by atoms with E-state index in [1.165, 1.54) is 11.8 Å². The zero-order valence-corrected chi connectivity index (χ0v) is 18.6. The summed E-state index contributed by atoms with van der Waals surface area (Å²) in [5.74, 6) is 0.664. The summed E-state index contributed by atoms with van der Waals surface area (Å²) in [6, 6.07) is 18.3. The van der Waals surface area contributed by atoms with Gasteiger partial charge in [0.15, 0.2) is 4.32 Å². The second kappa shape index (κ2) is 8.91. The predicted octanol–water partition coefficient (Wildman–Crippen LogP) is 5.84. The van der Waals surface area contributed by atoms with E-state index >= 15 is 0 Å². The Kier molecular flexibility index (Phi) is 6.06. The summed E-state index contributed by atoms with van der Waals surface area (Å²) < 4.78 is 11.4. The van der Waals surface area contributed by atoms with E-state index in [1.807, 2.05) is 37.3 Å². The zero-order chi connectivity index (χ0) is 22.0. The molecule has 1 amide bonds. The van der Waals surface area contributed by atoms with E-state index in [4.69, 9.17) is 21.4 Å². The van der Waals surface area contributed by atoms with Crippen LogP contribution in [0.2, 0.25) is 0 Å². The average Bonchev–Trinajstić information content (AvgIpc) is 3.34. The molecule has 0 saturated carbocycles. The van der Waals surface area contributed by atoms with E-state index in [1.54, 1.807) is 48.2 Å².